The minimum atomic E-state index is -1.36. The van der Waals surface area contributed by atoms with Gasteiger partial charge >= 0.3 is 6.09 Å². The number of hydrogen-bond acceptors (Lipinski definition) is 6. The Hall–Kier alpha value is -3.14. The van der Waals surface area contributed by atoms with Crippen molar-refractivity contribution in [1.29, 1.82) is 0 Å². The van der Waals surface area contributed by atoms with Crippen LogP contribution in [0.2, 0.25) is 0 Å². The molecule has 1 aliphatic carbocycles. The highest BCUT2D eigenvalue weighted by atomic mass is 16.5. The number of benzene rings is 2. The maximum atomic E-state index is 13.4. The lowest BCUT2D eigenvalue weighted by atomic mass is 9.73. The number of para-hydroxylation sites is 2. The van der Waals surface area contributed by atoms with Crippen LogP contribution < -0.4 is 15.8 Å². The van der Waals surface area contributed by atoms with E-state index in [1.165, 1.54) is 0 Å². The van der Waals surface area contributed by atoms with Crippen molar-refractivity contribution in [1.82, 2.24) is 10.2 Å². The first-order valence-electron chi connectivity index (χ1n) is 13.8. The summed E-state index contributed by atoms with van der Waals surface area (Å²) in [5.41, 5.74) is 7.19. The predicted molar refractivity (Wildman–Crippen MR) is 148 cm³/mol. The Labute approximate surface area is 230 Å². The molecule has 2 amide bonds. The monoisotopic (exact) mass is 539 g/mol. The minimum Gasteiger partial charge on any atom is -0.465 e. The molecule has 39 heavy (non-hydrogen) atoms. The van der Waals surface area contributed by atoms with Crippen LogP contribution in [0.1, 0.15) is 55.2 Å². The lowest BCUT2D eigenvalue weighted by Crippen LogP contribution is -2.49. The van der Waals surface area contributed by atoms with Gasteiger partial charge in [0, 0.05) is 43.1 Å². The summed E-state index contributed by atoms with van der Waals surface area (Å²) in [7, 11) is 0. The molecule has 2 fully saturated rings. The van der Waals surface area contributed by atoms with Crippen LogP contribution in [0, 0.1) is 25.7 Å². The quantitative estimate of drug-likeness (QED) is 0.306. The number of rotatable bonds is 9. The third kappa shape index (κ3) is 6.54. The molecule has 0 spiro atoms. The molecule has 1 saturated carbocycles. The Balaban J connectivity index is 1.63. The molecule has 5 atom stereocenters. The van der Waals surface area contributed by atoms with Gasteiger partial charge in [-0.2, -0.15) is 0 Å². The summed E-state index contributed by atoms with van der Waals surface area (Å²) < 4.78 is 6.44. The molecule has 1 aliphatic heterocycles. The second-order valence-corrected chi connectivity index (χ2v) is 11.1. The molecule has 1 saturated heterocycles. The molecule has 212 valence electrons. The van der Waals surface area contributed by atoms with E-state index in [-0.39, 0.29) is 24.3 Å². The van der Waals surface area contributed by atoms with Crippen molar-refractivity contribution in [2.45, 2.75) is 70.1 Å². The standard InChI is InChI=1S/C30H41N3O6/c1-19-8-5-9-20(2)27(19)39-26-12-4-3-11-23(26)30(38,13-7-14-32-29(36)37)22-10-6-15-33(18-22)28(35)21-16-24(31)25(34)17-21/h3-5,8-9,11-12,21-22,24-25,32,34,38H,6-7,10,13-18,31H2,1-2H3,(H,36,37)/t21-,22+,24+,25-,30?/m0/s1. The molecule has 2 aromatic rings. The van der Waals surface area contributed by atoms with Crippen LogP contribution in [0.25, 0.3) is 0 Å². The molecule has 1 unspecified atom stereocenters. The third-order valence-corrected chi connectivity index (χ3v) is 8.32. The van der Waals surface area contributed by atoms with E-state index in [9.17, 15) is 19.8 Å². The summed E-state index contributed by atoms with van der Waals surface area (Å²) in [6.07, 6.45) is 1.17. The van der Waals surface area contributed by atoms with Crippen molar-refractivity contribution < 1.29 is 29.6 Å². The molecule has 9 nitrogen and oxygen atoms in total. The number of nitrogens with zero attached hydrogens (tertiary/aromatic N) is 1. The first kappa shape index (κ1) is 28.9. The van der Waals surface area contributed by atoms with Crippen LogP contribution in [0.5, 0.6) is 11.5 Å². The van der Waals surface area contributed by atoms with Crippen molar-refractivity contribution in [3.63, 3.8) is 0 Å². The average Bonchev–Trinajstić information content (AvgIpc) is 3.26. The zero-order valence-corrected chi connectivity index (χ0v) is 22.8. The van der Waals surface area contributed by atoms with Gasteiger partial charge in [0.1, 0.15) is 11.5 Å². The maximum absolute atomic E-state index is 13.4. The summed E-state index contributed by atoms with van der Waals surface area (Å²) in [4.78, 5) is 26.2. The van der Waals surface area contributed by atoms with Gasteiger partial charge in [-0.25, -0.2) is 4.79 Å². The molecule has 4 rings (SSSR count). The average molecular weight is 540 g/mol. The number of carbonyl (C=O) groups excluding carboxylic acids is 1. The van der Waals surface area contributed by atoms with E-state index in [2.05, 4.69) is 5.32 Å². The molecular weight excluding hydrogens is 498 g/mol. The van der Waals surface area contributed by atoms with Crippen molar-refractivity contribution >= 4 is 12.0 Å². The van der Waals surface area contributed by atoms with E-state index in [1.807, 2.05) is 56.3 Å². The van der Waals surface area contributed by atoms with Gasteiger partial charge in [0.25, 0.3) is 0 Å². The fourth-order valence-electron chi connectivity index (χ4n) is 6.17. The van der Waals surface area contributed by atoms with E-state index >= 15 is 0 Å². The van der Waals surface area contributed by atoms with Crippen LogP contribution in [0.4, 0.5) is 4.79 Å². The molecular formula is C30H41N3O6. The van der Waals surface area contributed by atoms with Crippen LogP contribution in [0.15, 0.2) is 42.5 Å². The van der Waals surface area contributed by atoms with Gasteiger partial charge in [-0.05, 0) is 69.6 Å². The number of amides is 2. The fraction of sp³-hybridized carbons (Fsp3) is 0.533. The molecule has 0 aromatic heterocycles. The summed E-state index contributed by atoms with van der Waals surface area (Å²) >= 11 is 0. The summed E-state index contributed by atoms with van der Waals surface area (Å²) in [6.45, 7) is 5.11. The van der Waals surface area contributed by atoms with E-state index < -0.39 is 23.8 Å². The zero-order valence-electron chi connectivity index (χ0n) is 22.8. The molecule has 2 aliphatic rings. The first-order chi connectivity index (χ1) is 18.6. The Morgan fingerprint density at radius 2 is 1.85 bits per heavy atom. The summed E-state index contributed by atoms with van der Waals surface area (Å²) in [5.74, 6) is 0.638. The smallest absolute Gasteiger partial charge is 0.404 e. The van der Waals surface area contributed by atoms with Crippen LogP contribution in [-0.4, -0.2) is 64.0 Å². The molecule has 1 heterocycles. The van der Waals surface area contributed by atoms with Crippen molar-refractivity contribution in [2.24, 2.45) is 17.6 Å². The van der Waals surface area contributed by atoms with Gasteiger partial charge in [-0.3, -0.25) is 4.79 Å². The number of aliphatic hydroxyl groups excluding tert-OH is 1. The highest BCUT2D eigenvalue weighted by Crippen LogP contribution is 2.45. The highest BCUT2D eigenvalue weighted by Gasteiger charge is 2.44. The van der Waals surface area contributed by atoms with E-state index in [4.69, 9.17) is 15.6 Å². The predicted octanol–water partition coefficient (Wildman–Crippen LogP) is 3.67. The lowest BCUT2D eigenvalue weighted by Gasteiger charge is -2.44. The number of nitrogens with two attached hydrogens (primary N) is 1. The van der Waals surface area contributed by atoms with Crippen LogP contribution in [0.3, 0.4) is 0 Å². The highest BCUT2D eigenvalue weighted by molar-refractivity contribution is 5.79. The number of carboxylic acid groups (broad SMARTS) is 1. The Morgan fingerprint density at radius 3 is 2.51 bits per heavy atom. The molecule has 6 N–H and O–H groups in total. The number of likely N-dealkylation sites (tertiary alicyclic amines) is 1. The number of carbonyl (C=O) groups is 2. The van der Waals surface area contributed by atoms with Crippen molar-refractivity contribution in [2.75, 3.05) is 19.6 Å². The topological polar surface area (TPSA) is 145 Å². The SMILES string of the molecule is Cc1cccc(C)c1Oc1ccccc1C(O)(CCCNC(=O)O)[C@@H]1CCCN(C(=O)[C@H]2C[C@@H](N)[C@@H](O)C2)C1. The van der Waals surface area contributed by atoms with Gasteiger partial charge < -0.3 is 36.0 Å². The number of aryl methyl sites for hydroxylation is 2. The summed E-state index contributed by atoms with van der Waals surface area (Å²) in [6, 6.07) is 13.0. The van der Waals surface area contributed by atoms with Gasteiger partial charge in [0.2, 0.25) is 5.91 Å². The molecule has 2 aromatic carbocycles. The van der Waals surface area contributed by atoms with Gasteiger partial charge in [0.05, 0.1) is 11.7 Å². The van der Waals surface area contributed by atoms with E-state index in [1.54, 1.807) is 4.90 Å². The number of nitrogens with one attached hydrogen (secondary N) is 1. The minimum absolute atomic E-state index is 0.0262. The number of piperidine rings is 1. The van der Waals surface area contributed by atoms with Crippen molar-refractivity contribution in [3.8, 4) is 11.5 Å². The largest absolute Gasteiger partial charge is 0.465 e. The van der Waals surface area contributed by atoms with Crippen LogP contribution >= 0.6 is 0 Å². The molecule has 0 bridgehead atoms. The van der Waals surface area contributed by atoms with E-state index in [0.29, 0.717) is 56.5 Å². The van der Waals surface area contributed by atoms with Gasteiger partial charge in [0.15, 0.2) is 0 Å². The summed E-state index contributed by atoms with van der Waals surface area (Å²) in [5, 5.41) is 34.0. The van der Waals surface area contributed by atoms with E-state index in [0.717, 1.165) is 23.3 Å². The fourth-order valence-corrected chi connectivity index (χ4v) is 6.17. The molecule has 0 radical (unpaired) electrons. The third-order valence-electron chi connectivity index (χ3n) is 8.32. The Morgan fingerprint density at radius 1 is 1.13 bits per heavy atom. The normalized spacial score (nSPS) is 24.7. The number of ether oxygens (including phenoxy) is 1. The Kier molecular flexibility index (Phi) is 9.15. The number of aliphatic hydroxyl groups is 2. The second-order valence-electron chi connectivity index (χ2n) is 11.1. The van der Waals surface area contributed by atoms with Gasteiger partial charge in [-0.1, -0.05) is 36.4 Å². The first-order valence-corrected chi connectivity index (χ1v) is 13.8. The molecule has 9 heteroatoms. The Bertz CT molecular complexity index is 1140. The van der Waals surface area contributed by atoms with Gasteiger partial charge in [-0.15, -0.1) is 0 Å². The lowest BCUT2D eigenvalue weighted by molar-refractivity contribution is -0.141. The van der Waals surface area contributed by atoms with Crippen molar-refractivity contribution in [3.05, 3.63) is 59.2 Å². The number of hydrogen-bond donors (Lipinski definition) is 5. The second kappa shape index (κ2) is 12.4. The zero-order chi connectivity index (χ0) is 28.2. The maximum Gasteiger partial charge on any atom is 0.404 e. The van der Waals surface area contributed by atoms with Crippen LogP contribution in [-0.2, 0) is 10.4 Å².